The van der Waals surface area contributed by atoms with Gasteiger partial charge in [0, 0.05) is 25.3 Å². The lowest BCUT2D eigenvalue weighted by Gasteiger charge is -2.46. The van der Waals surface area contributed by atoms with Crippen LogP contribution in [0, 0.1) is 6.92 Å². The van der Waals surface area contributed by atoms with Crippen LogP contribution >= 0.6 is 0 Å². The number of carbonyl (C=O) groups excluding carboxylic acids is 2. The van der Waals surface area contributed by atoms with Crippen molar-refractivity contribution in [1.82, 2.24) is 9.80 Å². The Balaban J connectivity index is 1.48. The topological polar surface area (TPSA) is 43.9 Å². The van der Waals surface area contributed by atoms with Crippen molar-refractivity contribution in [3.8, 4) is 0 Å². The van der Waals surface area contributed by atoms with E-state index in [4.69, 9.17) is 0 Å². The smallest absolute Gasteiger partial charge is 0.241 e. The molecule has 0 bridgehead atoms. The Bertz CT molecular complexity index is 865. The lowest BCUT2D eigenvalue weighted by atomic mass is 9.92. The fraction of sp³-hybridized carbons (Fsp3) is 0.391. The van der Waals surface area contributed by atoms with Crippen LogP contribution in [-0.2, 0) is 16.0 Å². The largest absolute Gasteiger partial charge is 0.340 e. The van der Waals surface area contributed by atoms with Gasteiger partial charge in [-0.1, -0.05) is 48.0 Å². The zero-order valence-corrected chi connectivity index (χ0v) is 16.6. The summed E-state index contributed by atoms with van der Waals surface area (Å²) in [4.78, 5) is 31.5. The van der Waals surface area contributed by atoms with E-state index in [1.165, 1.54) is 5.56 Å². The van der Waals surface area contributed by atoms with E-state index in [1.54, 1.807) is 0 Å². The lowest BCUT2D eigenvalue weighted by molar-refractivity contribution is -0.130. The number of carbonyl (C=O) groups is 2. The van der Waals surface area contributed by atoms with Crippen LogP contribution < -0.4 is 4.90 Å². The van der Waals surface area contributed by atoms with Crippen LogP contribution in [0.5, 0.6) is 0 Å². The second-order valence-corrected chi connectivity index (χ2v) is 8.12. The van der Waals surface area contributed by atoms with Crippen molar-refractivity contribution < 1.29 is 9.59 Å². The summed E-state index contributed by atoms with van der Waals surface area (Å²) in [6.45, 7) is 4.47. The van der Waals surface area contributed by atoms with E-state index in [2.05, 4.69) is 11.8 Å². The quantitative estimate of drug-likeness (QED) is 0.826. The number of amides is 2. The molecule has 1 unspecified atom stereocenters. The van der Waals surface area contributed by atoms with Crippen molar-refractivity contribution in [2.24, 2.45) is 0 Å². The molecule has 2 fully saturated rings. The second-order valence-electron chi connectivity index (χ2n) is 8.12. The number of nitrogens with zero attached hydrogens (tertiary/aromatic N) is 3. The highest BCUT2D eigenvalue weighted by Gasteiger charge is 2.48. The van der Waals surface area contributed by atoms with Gasteiger partial charge in [-0.25, -0.2) is 0 Å². The molecule has 2 aliphatic heterocycles. The first-order valence-corrected chi connectivity index (χ1v) is 9.87. The van der Waals surface area contributed by atoms with E-state index < -0.39 is 0 Å². The molecule has 5 nitrogen and oxygen atoms in total. The van der Waals surface area contributed by atoms with Crippen molar-refractivity contribution in [2.45, 2.75) is 25.3 Å². The minimum absolute atomic E-state index is 0.115. The highest BCUT2D eigenvalue weighted by molar-refractivity contribution is 5.96. The van der Waals surface area contributed by atoms with Crippen molar-refractivity contribution >= 4 is 17.5 Å². The fourth-order valence-corrected chi connectivity index (χ4v) is 4.30. The monoisotopic (exact) mass is 377 g/mol. The van der Waals surface area contributed by atoms with Crippen LogP contribution in [-0.4, -0.2) is 60.4 Å². The average molecular weight is 377 g/mol. The zero-order chi connectivity index (χ0) is 19.7. The summed E-state index contributed by atoms with van der Waals surface area (Å²) in [6.07, 6.45) is 1.32. The predicted molar refractivity (Wildman–Crippen MR) is 110 cm³/mol. The molecule has 146 valence electrons. The molecule has 2 saturated heterocycles. The van der Waals surface area contributed by atoms with Gasteiger partial charge in [0.15, 0.2) is 0 Å². The van der Waals surface area contributed by atoms with E-state index in [1.807, 2.05) is 71.4 Å². The molecular formula is C23H27N3O2. The Kier molecular flexibility index (Phi) is 4.94. The van der Waals surface area contributed by atoms with Gasteiger partial charge in [0.05, 0.1) is 18.5 Å². The van der Waals surface area contributed by atoms with E-state index in [0.717, 1.165) is 24.2 Å². The summed E-state index contributed by atoms with van der Waals surface area (Å²) < 4.78 is 0. The summed E-state index contributed by atoms with van der Waals surface area (Å²) in [5.41, 5.74) is 3.01. The number of rotatable bonds is 3. The highest BCUT2D eigenvalue weighted by Crippen LogP contribution is 2.33. The van der Waals surface area contributed by atoms with Crippen LogP contribution in [0.15, 0.2) is 54.6 Å². The summed E-state index contributed by atoms with van der Waals surface area (Å²) >= 11 is 0. The Morgan fingerprint density at radius 2 is 1.75 bits per heavy atom. The van der Waals surface area contributed by atoms with E-state index >= 15 is 0 Å². The third-order valence-electron chi connectivity index (χ3n) is 6.16. The van der Waals surface area contributed by atoms with Gasteiger partial charge >= 0.3 is 0 Å². The Hall–Kier alpha value is -2.66. The predicted octanol–water partition coefficient (Wildman–Crippen LogP) is 2.49. The maximum absolute atomic E-state index is 12.9. The van der Waals surface area contributed by atoms with Crippen LogP contribution in [0.4, 0.5) is 5.69 Å². The third kappa shape index (κ3) is 3.54. The molecule has 2 aromatic carbocycles. The van der Waals surface area contributed by atoms with Crippen molar-refractivity contribution in [1.29, 1.82) is 0 Å². The number of anilines is 1. The van der Waals surface area contributed by atoms with Gasteiger partial charge in [-0.2, -0.15) is 0 Å². The molecule has 2 aliphatic rings. The maximum atomic E-state index is 12.9. The van der Waals surface area contributed by atoms with E-state index in [9.17, 15) is 9.59 Å². The SMILES string of the molecule is Cc1ccc(CC(=O)N2CCC3(C2)CN(c2ccccc2)C(=O)CN3C)cc1. The molecule has 1 spiro atoms. The molecular weight excluding hydrogens is 350 g/mol. The number of likely N-dealkylation sites (tertiary alicyclic amines) is 1. The van der Waals surface area contributed by atoms with Gasteiger partial charge in [-0.05, 0) is 38.1 Å². The Morgan fingerprint density at radius 1 is 1.04 bits per heavy atom. The summed E-state index contributed by atoms with van der Waals surface area (Å²) in [5.74, 6) is 0.279. The van der Waals surface area contributed by atoms with Crippen LogP contribution in [0.1, 0.15) is 17.5 Å². The molecule has 28 heavy (non-hydrogen) atoms. The van der Waals surface area contributed by atoms with Gasteiger partial charge in [-0.15, -0.1) is 0 Å². The van der Waals surface area contributed by atoms with Gasteiger partial charge in [-0.3, -0.25) is 14.5 Å². The molecule has 5 heteroatoms. The molecule has 0 saturated carbocycles. The number of benzene rings is 2. The molecule has 0 N–H and O–H groups in total. The van der Waals surface area contributed by atoms with E-state index in [-0.39, 0.29) is 17.4 Å². The molecule has 0 aromatic heterocycles. The summed E-state index contributed by atoms with van der Waals surface area (Å²) in [6, 6.07) is 18.0. The third-order valence-corrected chi connectivity index (χ3v) is 6.16. The summed E-state index contributed by atoms with van der Waals surface area (Å²) in [5, 5.41) is 0. The molecule has 0 radical (unpaired) electrons. The van der Waals surface area contributed by atoms with Crippen molar-refractivity contribution in [3.63, 3.8) is 0 Å². The molecule has 1 atom stereocenters. The van der Waals surface area contributed by atoms with Crippen LogP contribution in [0.25, 0.3) is 0 Å². The van der Waals surface area contributed by atoms with Crippen LogP contribution in [0.3, 0.4) is 0 Å². The van der Waals surface area contributed by atoms with Gasteiger partial charge in [0.2, 0.25) is 11.8 Å². The first-order valence-electron chi connectivity index (χ1n) is 9.87. The summed E-state index contributed by atoms with van der Waals surface area (Å²) in [7, 11) is 2.01. The second kappa shape index (κ2) is 7.40. The number of hydrogen-bond acceptors (Lipinski definition) is 3. The number of likely N-dealkylation sites (N-methyl/N-ethyl adjacent to an activating group) is 1. The fourth-order valence-electron chi connectivity index (χ4n) is 4.30. The molecule has 2 aromatic rings. The Morgan fingerprint density at radius 3 is 2.46 bits per heavy atom. The Labute approximate surface area is 166 Å². The van der Waals surface area contributed by atoms with Gasteiger partial charge < -0.3 is 9.80 Å². The number of hydrogen-bond donors (Lipinski definition) is 0. The van der Waals surface area contributed by atoms with Crippen molar-refractivity contribution in [2.75, 3.05) is 38.1 Å². The molecule has 2 amide bonds. The van der Waals surface area contributed by atoms with Crippen molar-refractivity contribution in [3.05, 3.63) is 65.7 Å². The van der Waals surface area contributed by atoms with Crippen LogP contribution in [0.2, 0.25) is 0 Å². The van der Waals surface area contributed by atoms with Gasteiger partial charge in [0.25, 0.3) is 0 Å². The van der Waals surface area contributed by atoms with E-state index in [0.29, 0.717) is 26.1 Å². The molecule has 2 heterocycles. The average Bonchev–Trinajstić information content (AvgIpc) is 3.13. The lowest BCUT2D eigenvalue weighted by Crippen LogP contribution is -2.64. The van der Waals surface area contributed by atoms with Gasteiger partial charge in [0.1, 0.15) is 0 Å². The minimum Gasteiger partial charge on any atom is -0.340 e. The highest BCUT2D eigenvalue weighted by atomic mass is 16.2. The number of aryl methyl sites for hydroxylation is 1. The standard InChI is InChI=1S/C23H27N3O2/c1-18-8-10-19(11-9-18)14-21(27)25-13-12-23(16-25)17-26(22(28)15-24(23)2)20-6-4-3-5-7-20/h3-11H,12-17H2,1-2H3. The minimum atomic E-state index is -0.174. The number of para-hydroxylation sites is 1. The normalized spacial score (nSPS) is 22.9. The zero-order valence-electron chi connectivity index (χ0n) is 16.6. The first-order chi connectivity index (χ1) is 13.5. The first kappa shape index (κ1) is 18.7. The maximum Gasteiger partial charge on any atom is 0.241 e. The molecule has 0 aliphatic carbocycles. The molecule has 4 rings (SSSR count). The number of piperazine rings is 1.